The second kappa shape index (κ2) is 3.85. The van der Waals surface area contributed by atoms with Crippen molar-refractivity contribution < 1.29 is 4.79 Å². The highest BCUT2D eigenvalue weighted by atomic mass is 16.1. The monoisotopic (exact) mass is 164 g/mol. The lowest BCUT2D eigenvalue weighted by Crippen LogP contribution is -2.06. The van der Waals surface area contributed by atoms with Crippen LogP contribution in [0.15, 0.2) is 24.9 Å². The summed E-state index contributed by atoms with van der Waals surface area (Å²) in [7, 11) is 0. The van der Waals surface area contributed by atoms with Crippen molar-refractivity contribution in [1.29, 1.82) is 0 Å². The average molecular weight is 164 g/mol. The van der Waals surface area contributed by atoms with Gasteiger partial charge in [-0.2, -0.15) is 5.10 Å². The molecule has 0 aliphatic rings. The van der Waals surface area contributed by atoms with Gasteiger partial charge in [0.15, 0.2) is 0 Å². The lowest BCUT2D eigenvalue weighted by molar-refractivity contribution is -0.116. The molecular weight excluding hydrogens is 152 g/mol. The number of nitrogens with zero attached hydrogens (tertiary/aromatic N) is 2. The summed E-state index contributed by atoms with van der Waals surface area (Å²) in [5.41, 5.74) is 0.947. The van der Waals surface area contributed by atoms with Crippen molar-refractivity contribution >= 4 is 5.78 Å². The maximum atomic E-state index is 10.8. The van der Waals surface area contributed by atoms with E-state index in [4.69, 9.17) is 0 Å². The molecule has 3 nitrogen and oxygen atoms in total. The largest absolute Gasteiger partial charge is 0.300 e. The van der Waals surface area contributed by atoms with Gasteiger partial charge in [0.05, 0.1) is 6.54 Å². The molecule has 0 aliphatic carbocycles. The number of allylic oxidation sites excluding steroid dienone is 1. The molecule has 0 amide bonds. The fraction of sp³-hybridized carbons (Fsp3) is 0.333. The first-order valence-electron chi connectivity index (χ1n) is 3.85. The second-order valence-corrected chi connectivity index (χ2v) is 2.67. The van der Waals surface area contributed by atoms with Crippen LogP contribution in [0.5, 0.6) is 0 Å². The minimum atomic E-state index is 0.154. The van der Waals surface area contributed by atoms with Crippen LogP contribution >= 0.6 is 0 Å². The Morgan fingerprint density at radius 3 is 3.17 bits per heavy atom. The molecule has 0 unspecified atom stereocenters. The van der Waals surface area contributed by atoms with Gasteiger partial charge in [0, 0.05) is 18.3 Å². The molecule has 0 spiro atoms. The van der Waals surface area contributed by atoms with Gasteiger partial charge in [0.1, 0.15) is 5.78 Å². The number of carbonyl (C=O) groups excluding carboxylic acids is 1. The maximum Gasteiger partial charge on any atom is 0.135 e. The molecule has 1 rings (SSSR count). The molecule has 0 radical (unpaired) electrons. The zero-order valence-corrected chi connectivity index (χ0v) is 7.16. The SMILES string of the molecule is C=CCn1nccc1CC(C)=O. The molecule has 0 bridgehead atoms. The van der Waals surface area contributed by atoms with E-state index in [2.05, 4.69) is 11.7 Å². The molecule has 3 heteroatoms. The number of aromatic nitrogens is 2. The molecule has 0 saturated heterocycles. The molecule has 0 N–H and O–H groups in total. The van der Waals surface area contributed by atoms with Crippen molar-refractivity contribution in [2.75, 3.05) is 0 Å². The van der Waals surface area contributed by atoms with E-state index >= 15 is 0 Å². The van der Waals surface area contributed by atoms with E-state index in [0.717, 1.165) is 5.69 Å². The number of hydrogen-bond acceptors (Lipinski definition) is 2. The third-order valence-corrected chi connectivity index (χ3v) is 1.54. The first-order chi connectivity index (χ1) is 5.74. The summed E-state index contributed by atoms with van der Waals surface area (Å²) in [5, 5.41) is 4.05. The van der Waals surface area contributed by atoms with E-state index in [1.807, 2.05) is 6.07 Å². The lowest BCUT2D eigenvalue weighted by Gasteiger charge is -2.01. The van der Waals surface area contributed by atoms with Gasteiger partial charge >= 0.3 is 0 Å². The second-order valence-electron chi connectivity index (χ2n) is 2.67. The molecule has 1 aromatic rings. The van der Waals surface area contributed by atoms with Gasteiger partial charge < -0.3 is 0 Å². The Morgan fingerprint density at radius 1 is 1.83 bits per heavy atom. The maximum absolute atomic E-state index is 10.8. The topological polar surface area (TPSA) is 34.9 Å². The van der Waals surface area contributed by atoms with Gasteiger partial charge in [-0.3, -0.25) is 9.48 Å². The minimum absolute atomic E-state index is 0.154. The summed E-state index contributed by atoms with van der Waals surface area (Å²) in [6.45, 7) is 5.85. The first kappa shape index (κ1) is 8.71. The summed E-state index contributed by atoms with van der Waals surface area (Å²) in [6.07, 6.45) is 3.91. The average Bonchev–Trinajstić information content (AvgIpc) is 2.37. The van der Waals surface area contributed by atoms with Gasteiger partial charge in [-0.15, -0.1) is 6.58 Å². The molecule has 0 aromatic carbocycles. The molecule has 1 heterocycles. The predicted molar refractivity (Wildman–Crippen MR) is 46.8 cm³/mol. The van der Waals surface area contributed by atoms with Crippen molar-refractivity contribution in [3.8, 4) is 0 Å². The Balaban J connectivity index is 2.76. The minimum Gasteiger partial charge on any atom is -0.300 e. The van der Waals surface area contributed by atoms with Crippen LogP contribution in [-0.4, -0.2) is 15.6 Å². The Morgan fingerprint density at radius 2 is 2.58 bits per heavy atom. The molecule has 0 saturated carbocycles. The van der Waals surface area contributed by atoms with Crippen LogP contribution in [0.4, 0.5) is 0 Å². The zero-order chi connectivity index (χ0) is 8.97. The highest BCUT2D eigenvalue weighted by Crippen LogP contribution is 2.00. The number of Topliss-reactive ketones (excluding diaryl/α,β-unsaturated/α-hetero) is 1. The van der Waals surface area contributed by atoms with Crippen molar-refractivity contribution in [3.63, 3.8) is 0 Å². The third-order valence-electron chi connectivity index (χ3n) is 1.54. The molecular formula is C9H12N2O. The molecule has 0 aliphatic heterocycles. The van der Waals surface area contributed by atoms with Crippen molar-refractivity contribution in [2.24, 2.45) is 0 Å². The van der Waals surface area contributed by atoms with E-state index in [1.165, 1.54) is 0 Å². The summed E-state index contributed by atoms with van der Waals surface area (Å²) in [5.74, 6) is 0.154. The number of hydrogen-bond donors (Lipinski definition) is 0. The van der Waals surface area contributed by atoms with Crippen LogP contribution < -0.4 is 0 Å². The Kier molecular flexibility index (Phi) is 2.80. The lowest BCUT2D eigenvalue weighted by atomic mass is 10.2. The molecule has 64 valence electrons. The summed E-state index contributed by atoms with van der Waals surface area (Å²) in [6, 6.07) is 1.85. The van der Waals surface area contributed by atoms with E-state index in [-0.39, 0.29) is 5.78 Å². The van der Waals surface area contributed by atoms with Crippen LogP contribution in [0.3, 0.4) is 0 Å². The van der Waals surface area contributed by atoms with Crippen LogP contribution in [0.25, 0.3) is 0 Å². The molecule has 0 fully saturated rings. The number of rotatable bonds is 4. The fourth-order valence-electron chi connectivity index (χ4n) is 1.05. The van der Waals surface area contributed by atoms with Gasteiger partial charge in [-0.05, 0) is 13.0 Å². The fourth-order valence-corrected chi connectivity index (χ4v) is 1.05. The van der Waals surface area contributed by atoms with Gasteiger partial charge in [0.25, 0.3) is 0 Å². The standard InChI is InChI=1S/C9H12N2O/c1-3-6-11-9(4-5-10-11)7-8(2)12/h3-5H,1,6-7H2,2H3. The number of ketones is 1. The molecule has 0 atom stereocenters. The van der Waals surface area contributed by atoms with Gasteiger partial charge in [-0.25, -0.2) is 0 Å². The van der Waals surface area contributed by atoms with Gasteiger partial charge in [0.2, 0.25) is 0 Å². The Hall–Kier alpha value is -1.38. The molecule has 12 heavy (non-hydrogen) atoms. The first-order valence-corrected chi connectivity index (χ1v) is 3.85. The quantitative estimate of drug-likeness (QED) is 0.627. The smallest absolute Gasteiger partial charge is 0.135 e. The zero-order valence-electron chi connectivity index (χ0n) is 7.16. The highest BCUT2D eigenvalue weighted by molar-refractivity contribution is 5.77. The van der Waals surface area contributed by atoms with Crippen molar-refractivity contribution in [1.82, 2.24) is 9.78 Å². The van der Waals surface area contributed by atoms with Crippen molar-refractivity contribution in [3.05, 3.63) is 30.6 Å². The highest BCUT2D eigenvalue weighted by Gasteiger charge is 2.02. The summed E-state index contributed by atoms with van der Waals surface area (Å²) in [4.78, 5) is 10.8. The van der Waals surface area contributed by atoms with E-state index in [0.29, 0.717) is 13.0 Å². The van der Waals surface area contributed by atoms with Crippen molar-refractivity contribution in [2.45, 2.75) is 19.9 Å². The third kappa shape index (κ3) is 2.05. The Bertz CT molecular complexity index is 288. The van der Waals surface area contributed by atoms with E-state index in [9.17, 15) is 4.79 Å². The Labute approximate surface area is 71.7 Å². The van der Waals surface area contributed by atoms with Crippen LogP contribution in [0.1, 0.15) is 12.6 Å². The van der Waals surface area contributed by atoms with Gasteiger partial charge in [-0.1, -0.05) is 6.08 Å². The predicted octanol–water partition coefficient (Wildman–Crippen LogP) is 1.20. The number of carbonyl (C=O) groups is 1. The van der Waals surface area contributed by atoms with Crippen LogP contribution in [0, 0.1) is 0 Å². The van der Waals surface area contributed by atoms with Crippen LogP contribution in [-0.2, 0) is 17.8 Å². The summed E-state index contributed by atoms with van der Waals surface area (Å²) >= 11 is 0. The van der Waals surface area contributed by atoms with E-state index < -0.39 is 0 Å². The normalized spacial score (nSPS) is 9.75. The molecule has 1 aromatic heterocycles. The van der Waals surface area contributed by atoms with Crippen LogP contribution in [0.2, 0.25) is 0 Å². The van der Waals surface area contributed by atoms with E-state index in [1.54, 1.807) is 23.9 Å². The summed E-state index contributed by atoms with van der Waals surface area (Å²) < 4.78 is 1.77.